The van der Waals surface area contributed by atoms with Gasteiger partial charge in [0, 0.05) is 31.4 Å². The van der Waals surface area contributed by atoms with Gasteiger partial charge in [-0.15, -0.1) is 0 Å². The summed E-state index contributed by atoms with van der Waals surface area (Å²) >= 11 is 1.93. The third-order valence-corrected chi connectivity index (χ3v) is 5.79. The standard InChI is InChI=1S/C17H32N2O3S/c1-17(2,3)22-16(21)19-9-5-13(6-10-19)15(20)12-18-8-7-14(11-18)23-4/h13-15,20H,5-12H2,1-4H3. The normalized spacial score (nSPS) is 25.6. The number of amides is 1. The van der Waals surface area contributed by atoms with Crippen LogP contribution >= 0.6 is 11.8 Å². The molecule has 134 valence electrons. The molecule has 2 aliphatic heterocycles. The molecule has 0 aromatic rings. The van der Waals surface area contributed by atoms with Crippen LogP contribution in [-0.2, 0) is 4.74 Å². The van der Waals surface area contributed by atoms with E-state index in [4.69, 9.17) is 4.74 Å². The highest BCUT2D eigenvalue weighted by Crippen LogP contribution is 2.25. The van der Waals surface area contributed by atoms with E-state index >= 15 is 0 Å². The van der Waals surface area contributed by atoms with Gasteiger partial charge in [-0.2, -0.15) is 11.8 Å². The number of thioether (sulfide) groups is 1. The second kappa shape index (κ2) is 8.08. The van der Waals surface area contributed by atoms with Gasteiger partial charge in [-0.25, -0.2) is 4.79 Å². The second-order valence-electron chi connectivity index (χ2n) is 7.78. The van der Waals surface area contributed by atoms with Gasteiger partial charge in [-0.3, -0.25) is 4.90 Å². The Morgan fingerprint density at radius 2 is 1.91 bits per heavy atom. The van der Waals surface area contributed by atoms with E-state index in [9.17, 15) is 9.90 Å². The average molecular weight is 345 g/mol. The van der Waals surface area contributed by atoms with Gasteiger partial charge in [0.1, 0.15) is 5.60 Å². The molecule has 0 saturated carbocycles. The first-order valence-corrected chi connectivity index (χ1v) is 9.98. The molecule has 0 aromatic carbocycles. The third kappa shape index (κ3) is 5.84. The number of hydrogen-bond acceptors (Lipinski definition) is 5. The van der Waals surface area contributed by atoms with Crippen LogP contribution in [0.3, 0.4) is 0 Å². The highest BCUT2D eigenvalue weighted by Gasteiger charge is 2.32. The number of aliphatic hydroxyl groups excluding tert-OH is 1. The first-order chi connectivity index (χ1) is 10.8. The summed E-state index contributed by atoms with van der Waals surface area (Å²) in [6.45, 7) is 9.99. The lowest BCUT2D eigenvalue weighted by Crippen LogP contribution is -2.45. The molecule has 0 aliphatic carbocycles. The van der Waals surface area contributed by atoms with Gasteiger partial charge in [0.2, 0.25) is 0 Å². The smallest absolute Gasteiger partial charge is 0.410 e. The molecule has 6 heteroatoms. The summed E-state index contributed by atoms with van der Waals surface area (Å²) in [6.07, 6.45) is 4.60. The molecular formula is C17H32N2O3S. The number of nitrogens with zero attached hydrogens (tertiary/aromatic N) is 2. The molecule has 1 amide bonds. The van der Waals surface area contributed by atoms with Gasteiger partial charge in [-0.1, -0.05) is 0 Å². The molecule has 2 fully saturated rings. The highest BCUT2D eigenvalue weighted by atomic mass is 32.2. The minimum absolute atomic E-state index is 0.229. The zero-order valence-electron chi connectivity index (χ0n) is 15.0. The van der Waals surface area contributed by atoms with Gasteiger partial charge in [0.05, 0.1) is 6.10 Å². The van der Waals surface area contributed by atoms with Crippen molar-refractivity contribution >= 4 is 17.9 Å². The summed E-state index contributed by atoms with van der Waals surface area (Å²) in [4.78, 5) is 16.2. The van der Waals surface area contributed by atoms with Crippen molar-refractivity contribution < 1.29 is 14.6 Å². The van der Waals surface area contributed by atoms with Gasteiger partial charge >= 0.3 is 6.09 Å². The third-order valence-electron chi connectivity index (χ3n) is 4.74. The van der Waals surface area contributed by atoms with Crippen LogP contribution in [0.25, 0.3) is 0 Å². The first-order valence-electron chi connectivity index (χ1n) is 8.69. The van der Waals surface area contributed by atoms with E-state index in [1.54, 1.807) is 4.90 Å². The van der Waals surface area contributed by atoms with Crippen LogP contribution in [0.15, 0.2) is 0 Å². The van der Waals surface area contributed by atoms with Crippen molar-refractivity contribution in [1.82, 2.24) is 9.80 Å². The molecule has 1 N–H and O–H groups in total. The summed E-state index contributed by atoms with van der Waals surface area (Å²) in [6, 6.07) is 0. The van der Waals surface area contributed by atoms with Crippen molar-refractivity contribution in [1.29, 1.82) is 0 Å². The lowest BCUT2D eigenvalue weighted by molar-refractivity contribution is 0.00340. The lowest BCUT2D eigenvalue weighted by Gasteiger charge is -2.36. The molecule has 0 aromatic heterocycles. The first kappa shape index (κ1) is 18.9. The van der Waals surface area contributed by atoms with Gasteiger partial charge in [0.15, 0.2) is 0 Å². The van der Waals surface area contributed by atoms with Crippen molar-refractivity contribution in [2.45, 2.75) is 57.0 Å². The van der Waals surface area contributed by atoms with Crippen LogP contribution in [0.2, 0.25) is 0 Å². The van der Waals surface area contributed by atoms with Crippen molar-refractivity contribution in [3.05, 3.63) is 0 Å². The molecule has 2 unspecified atom stereocenters. The number of carbonyl (C=O) groups is 1. The predicted molar refractivity (Wildman–Crippen MR) is 94.9 cm³/mol. The zero-order valence-corrected chi connectivity index (χ0v) is 15.8. The van der Waals surface area contributed by atoms with Crippen LogP contribution in [0.5, 0.6) is 0 Å². The van der Waals surface area contributed by atoms with Crippen LogP contribution in [0.4, 0.5) is 4.79 Å². The van der Waals surface area contributed by atoms with Gasteiger partial charge in [-0.05, 0) is 58.8 Å². The summed E-state index contributed by atoms with van der Waals surface area (Å²) in [5.74, 6) is 0.294. The Morgan fingerprint density at radius 3 is 2.43 bits per heavy atom. The molecule has 0 spiro atoms. The molecule has 2 atom stereocenters. The van der Waals surface area contributed by atoms with E-state index in [0.717, 1.165) is 37.7 Å². The maximum atomic E-state index is 12.1. The van der Waals surface area contributed by atoms with Gasteiger partial charge < -0.3 is 14.7 Å². The summed E-state index contributed by atoms with van der Waals surface area (Å²) in [5, 5.41) is 11.2. The van der Waals surface area contributed by atoms with Crippen LogP contribution in [0, 0.1) is 5.92 Å². The molecule has 2 aliphatic rings. The summed E-state index contributed by atoms with van der Waals surface area (Å²) in [7, 11) is 0. The van der Waals surface area contributed by atoms with E-state index in [-0.39, 0.29) is 12.2 Å². The quantitative estimate of drug-likeness (QED) is 0.849. The maximum Gasteiger partial charge on any atom is 0.410 e. The van der Waals surface area contributed by atoms with E-state index in [1.807, 2.05) is 32.5 Å². The fourth-order valence-corrected chi connectivity index (χ4v) is 4.06. The summed E-state index contributed by atoms with van der Waals surface area (Å²) < 4.78 is 5.42. The van der Waals surface area contributed by atoms with Crippen LogP contribution in [-0.4, -0.2) is 76.9 Å². The van der Waals surface area contributed by atoms with Crippen molar-refractivity contribution in [3.8, 4) is 0 Å². The van der Waals surface area contributed by atoms with Crippen molar-refractivity contribution in [3.63, 3.8) is 0 Å². The Bertz CT molecular complexity index is 392. The molecule has 2 rings (SSSR count). The van der Waals surface area contributed by atoms with Crippen molar-refractivity contribution in [2.24, 2.45) is 5.92 Å². The monoisotopic (exact) mass is 344 g/mol. The number of piperidine rings is 1. The fourth-order valence-electron chi connectivity index (χ4n) is 3.36. The highest BCUT2D eigenvalue weighted by molar-refractivity contribution is 7.99. The molecule has 0 bridgehead atoms. The largest absolute Gasteiger partial charge is 0.444 e. The molecule has 5 nitrogen and oxygen atoms in total. The minimum Gasteiger partial charge on any atom is -0.444 e. The Morgan fingerprint density at radius 1 is 1.26 bits per heavy atom. The van der Waals surface area contributed by atoms with E-state index in [1.165, 1.54) is 6.42 Å². The second-order valence-corrected chi connectivity index (χ2v) is 8.92. The maximum absolute atomic E-state index is 12.1. The number of hydrogen-bond donors (Lipinski definition) is 1. The number of aliphatic hydroxyl groups is 1. The fraction of sp³-hybridized carbons (Fsp3) is 0.941. The SMILES string of the molecule is CSC1CCN(CC(O)C2CCN(C(=O)OC(C)(C)C)CC2)C1. The minimum atomic E-state index is -0.447. The number of β-amino-alcohol motifs (C(OH)–C–C–N with tert-alkyl or cyclic N) is 1. The molecule has 2 heterocycles. The zero-order chi connectivity index (χ0) is 17.0. The van der Waals surface area contributed by atoms with Crippen molar-refractivity contribution in [2.75, 3.05) is 39.0 Å². The topological polar surface area (TPSA) is 53.0 Å². The Balaban J connectivity index is 1.72. The molecule has 0 radical (unpaired) electrons. The predicted octanol–water partition coefficient (Wildman–Crippen LogP) is 2.43. The molecular weight excluding hydrogens is 312 g/mol. The van der Waals surface area contributed by atoms with Crippen LogP contribution in [0.1, 0.15) is 40.0 Å². The van der Waals surface area contributed by atoms with E-state index in [2.05, 4.69) is 11.2 Å². The number of carbonyl (C=O) groups excluding carboxylic acids is 1. The van der Waals surface area contributed by atoms with E-state index < -0.39 is 5.60 Å². The Hall–Kier alpha value is -0.460. The van der Waals surface area contributed by atoms with Gasteiger partial charge in [0.25, 0.3) is 0 Å². The number of ether oxygens (including phenoxy) is 1. The van der Waals surface area contributed by atoms with Crippen LogP contribution < -0.4 is 0 Å². The molecule has 2 saturated heterocycles. The average Bonchev–Trinajstić information content (AvgIpc) is 2.93. The lowest BCUT2D eigenvalue weighted by atomic mass is 9.91. The Labute approximate surface area is 144 Å². The number of rotatable bonds is 4. The Kier molecular flexibility index (Phi) is 6.63. The summed E-state index contributed by atoms with van der Waals surface area (Å²) in [5.41, 5.74) is -0.447. The van der Waals surface area contributed by atoms with E-state index in [0.29, 0.717) is 19.0 Å². The number of likely N-dealkylation sites (tertiary alicyclic amines) is 2. The molecule has 23 heavy (non-hydrogen) atoms.